The van der Waals surface area contributed by atoms with Crippen LogP contribution in [0.25, 0.3) is 0 Å². The molecule has 1 amide bonds. The van der Waals surface area contributed by atoms with Crippen molar-refractivity contribution in [2.45, 2.75) is 23.8 Å². The van der Waals surface area contributed by atoms with Crippen LogP contribution in [0.3, 0.4) is 0 Å². The van der Waals surface area contributed by atoms with E-state index in [9.17, 15) is 22.0 Å². The van der Waals surface area contributed by atoms with Gasteiger partial charge in [0.25, 0.3) is 15.9 Å². The van der Waals surface area contributed by atoms with Crippen LogP contribution in [0.15, 0.2) is 41.3 Å². The number of benzene rings is 2. The lowest BCUT2D eigenvalue weighted by atomic mass is 10.1. The van der Waals surface area contributed by atoms with Crippen LogP contribution in [0.2, 0.25) is 5.02 Å². The molecule has 4 rings (SSSR count). The molecule has 0 saturated carbocycles. The summed E-state index contributed by atoms with van der Waals surface area (Å²) in [4.78, 5) is 16.2. The van der Waals surface area contributed by atoms with E-state index in [1.807, 2.05) is 4.72 Å². The van der Waals surface area contributed by atoms with Crippen LogP contribution < -0.4 is 4.72 Å². The normalized spacial score (nSPS) is 19.6. The minimum absolute atomic E-state index is 0.0987. The summed E-state index contributed by atoms with van der Waals surface area (Å²) in [5.41, 5.74) is -0.421. The van der Waals surface area contributed by atoms with E-state index in [0.29, 0.717) is 13.1 Å². The second-order valence-corrected chi connectivity index (χ2v) is 9.49. The Labute approximate surface area is 178 Å². The van der Waals surface area contributed by atoms with Crippen molar-refractivity contribution in [3.8, 4) is 0 Å². The van der Waals surface area contributed by atoms with E-state index in [0.717, 1.165) is 44.1 Å². The monoisotopic (exact) mass is 455 g/mol. The number of nitrogens with one attached hydrogen (secondary N) is 1. The summed E-state index contributed by atoms with van der Waals surface area (Å²) in [5.74, 6) is -2.38. The highest BCUT2D eigenvalue weighted by Gasteiger charge is 2.34. The van der Waals surface area contributed by atoms with Crippen molar-refractivity contribution in [3.63, 3.8) is 0 Å². The predicted molar refractivity (Wildman–Crippen MR) is 109 cm³/mol. The van der Waals surface area contributed by atoms with Gasteiger partial charge < -0.3 is 4.90 Å². The first-order valence-electron chi connectivity index (χ1n) is 9.56. The second kappa shape index (κ2) is 8.13. The van der Waals surface area contributed by atoms with Gasteiger partial charge in [-0.05, 0) is 43.7 Å². The molecule has 10 heteroatoms. The summed E-state index contributed by atoms with van der Waals surface area (Å²) < 4.78 is 55.7. The number of rotatable bonds is 4. The highest BCUT2D eigenvalue weighted by molar-refractivity contribution is 7.92. The fraction of sp³-hybridized carbons (Fsp3) is 0.350. The highest BCUT2D eigenvalue weighted by Crippen LogP contribution is 2.29. The van der Waals surface area contributed by atoms with Crippen molar-refractivity contribution in [1.82, 2.24) is 9.80 Å². The number of hydrogen-bond donors (Lipinski definition) is 1. The lowest BCUT2D eigenvalue weighted by Crippen LogP contribution is -2.52. The van der Waals surface area contributed by atoms with Crippen molar-refractivity contribution in [2.24, 2.45) is 0 Å². The van der Waals surface area contributed by atoms with Gasteiger partial charge in [-0.25, -0.2) is 17.2 Å². The van der Waals surface area contributed by atoms with Crippen LogP contribution in [-0.4, -0.2) is 56.3 Å². The van der Waals surface area contributed by atoms with E-state index < -0.39 is 32.5 Å². The molecule has 0 aliphatic carbocycles. The number of nitrogens with zero attached hydrogens (tertiary/aromatic N) is 2. The number of anilines is 1. The number of sulfonamides is 1. The van der Waals surface area contributed by atoms with Gasteiger partial charge in [0.05, 0.1) is 16.3 Å². The molecule has 6 nitrogen and oxygen atoms in total. The Morgan fingerprint density at radius 2 is 1.87 bits per heavy atom. The summed E-state index contributed by atoms with van der Waals surface area (Å²) in [5, 5.41) is -0.170. The molecular weight excluding hydrogens is 436 g/mol. The maximum atomic E-state index is 14.5. The molecule has 0 spiro atoms. The molecule has 160 valence electrons. The molecule has 0 bridgehead atoms. The maximum absolute atomic E-state index is 14.5. The van der Waals surface area contributed by atoms with Crippen LogP contribution >= 0.6 is 11.6 Å². The number of carbonyl (C=O) groups excluding carboxylic acids is 1. The molecule has 1 N–H and O–H groups in total. The number of carbonyl (C=O) groups is 1. The molecule has 0 radical (unpaired) electrons. The van der Waals surface area contributed by atoms with Crippen LogP contribution in [-0.2, 0) is 10.0 Å². The molecular formula is C20H20ClF2N3O3S. The number of halogens is 3. The summed E-state index contributed by atoms with van der Waals surface area (Å²) in [6, 6.07) is 7.13. The molecule has 0 aromatic heterocycles. The van der Waals surface area contributed by atoms with Gasteiger partial charge in [0.15, 0.2) is 0 Å². The number of para-hydroxylation sites is 1. The lowest BCUT2D eigenvalue weighted by Gasteiger charge is -2.37. The van der Waals surface area contributed by atoms with Crippen molar-refractivity contribution >= 4 is 33.2 Å². The average Bonchev–Trinajstić information content (AvgIpc) is 3.17. The van der Waals surface area contributed by atoms with Crippen molar-refractivity contribution in [3.05, 3.63) is 58.6 Å². The van der Waals surface area contributed by atoms with Crippen LogP contribution in [0.1, 0.15) is 23.2 Å². The first-order chi connectivity index (χ1) is 14.3. The van der Waals surface area contributed by atoms with Crippen LogP contribution in [0.4, 0.5) is 14.5 Å². The zero-order chi connectivity index (χ0) is 21.5. The topological polar surface area (TPSA) is 69.7 Å². The molecule has 2 saturated heterocycles. The van der Waals surface area contributed by atoms with Gasteiger partial charge in [-0.2, -0.15) is 0 Å². The average molecular weight is 456 g/mol. The lowest BCUT2D eigenvalue weighted by molar-refractivity contribution is 0.0571. The standard InChI is InChI=1S/C20H20ClF2N3O3S/c21-15-11-17(23)19(30(28,29)24-18-6-2-1-5-16(18)22)10-14(15)20(27)26-9-8-25-7-3-4-13(25)12-26/h1-2,5-6,10-11,13,24H,3-4,7-9,12H2. The highest BCUT2D eigenvalue weighted by atomic mass is 35.5. The molecule has 2 aliphatic rings. The van der Waals surface area contributed by atoms with E-state index in [4.69, 9.17) is 11.6 Å². The largest absolute Gasteiger partial charge is 0.336 e. The molecule has 1 atom stereocenters. The number of hydrogen-bond acceptors (Lipinski definition) is 4. The molecule has 2 heterocycles. The first-order valence-corrected chi connectivity index (χ1v) is 11.4. The second-order valence-electron chi connectivity index (χ2n) is 7.43. The SMILES string of the molecule is O=C(c1cc(S(=O)(=O)Nc2ccccc2F)c(F)cc1Cl)N1CCN2CCCC2C1. The van der Waals surface area contributed by atoms with E-state index in [1.54, 1.807) is 4.90 Å². The molecule has 30 heavy (non-hydrogen) atoms. The van der Waals surface area contributed by atoms with Gasteiger partial charge in [0.2, 0.25) is 0 Å². The fourth-order valence-corrected chi connectivity index (χ4v) is 5.37. The Balaban J connectivity index is 1.63. The molecule has 2 aliphatic heterocycles. The van der Waals surface area contributed by atoms with E-state index in [2.05, 4.69) is 4.90 Å². The number of fused-ring (bicyclic) bond motifs is 1. The fourth-order valence-electron chi connectivity index (χ4n) is 3.99. The molecule has 2 aromatic rings. The Kier molecular flexibility index (Phi) is 5.69. The number of amides is 1. The zero-order valence-corrected chi connectivity index (χ0v) is 17.5. The van der Waals surface area contributed by atoms with E-state index >= 15 is 0 Å². The van der Waals surface area contributed by atoms with Crippen molar-refractivity contribution in [1.29, 1.82) is 0 Å². The van der Waals surface area contributed by atoms with Crippen molar-refractivity contribution in [2.75, 3.05) is 30.9 Å². The summed E-state index contributed by atoms with van der Waals surface area (Å²) in [7, 11) is -4.49. The van der Waals surface area contributed by atoms with Crippen molar-refractivity contribution < 1.29 is 22.0 Å². The third kappa shape index (κ3) is 4.01. The van der Waals surface area contributed by atoms with Gasteiger partial charge in [-0.3, -0.25) is 14.4 Å². The zero-order valence-electron chi connectivity index (χ0n) is 15.9. The Bertz CT molecular complexity index is 1100. The smallest absolute Gasteiger partial charge is 0.264 e. The maximum Gasteiger partial charge on any atom is 0.264 e. The Morgan fingerprint density at radius 3 is 2.63 bits per heavy atom. The van der Waals surface area contributed by atoms with Gasteiger partial charge in [0.1, 0.15) is 16.5 Å². The summed E-state index contributed by atoms with van der Waals surface area (Å²) in [6.07, 6.45) is 2.07. The number of piperazine rings is 1. The van der Waals surface area contributed by atoms with Gasteiger partial charge in [-0.1, -0.05) is 23.7 Å². The van der Waals surface area contributed by atoms with Gasteiger partial charge >= 0.3 is 0 Å². The summed E-state index contributed by atoms with van der Waals surface area (Å²) in [6.45, 7) is 2.74. The third-order valence-electron chi connectivity index (χ3n) is 5.53. The van der Waals surface area contributed by atoms with Gasteiger partial charge in [0, 0.05) is 25.7 Å². The molecule has 1 unspecified atom stereocenters. The minimum atomic E-state index is -4.49. The minimum Gasteiger partial charge on any atom is -0.336 e. The third-order valence-corrected chi connectivity index (χ3v) is 7.23. The van der Waals surface area contributed by atoms with E-state index in [-0.39, 0.29) is 22.3 Å². The van der Waals surface area contributed by atoms with Gasteiger partial charge in [-0.15, -0.1) is 0 Å². The summed E-state index contributed by atoms with van der Waals surface area (Å²) >= 11 is 6.09. The molecule has 2 fully saturated rings. The quantitative estimate of drug-likeness (QED) is 0.767. The molecule has 2 aromatic carbocycles. The van der Waals surface area contributed by atoms with Crippen LogP contribution in [0, 0.1) is 11.6 Å². The first kappa shape index (κ1) is 21.0. The van der Waals surface area contributed by atoms with E-state index in [1.165, 1.54) is 18.2 Å². The Morgan fingerprint density at radius 1 is 1.10 bits per heavy atom. The van der Waals surface area contributed by atoms with Crippen LogP contribution in [0.5, 0.6) is 0 Å². The Hall–Kier alpha value is -2.23. The predicted octanol–water partition coefficient (Wildman–Crippen LogP) is 3.34.